The van der Waals surface area contributed by atoms with Crippen LogP contribution in [0, 0.1) is 0 Å². The topological polar surface area (TPSA) is 15.3 Å². The van der Waals surface area contributed by atoms with E-state index in [0.29, 0.717) is 0 Å². The lowest BCUT2D eigenvalue weighted by Crippen LogP contribution is -2.25. The van der Waals surface area contributed by atoms with Gasteiger partial charge in [0.25, 0.3) is 0 Å². The fourth-order valence-corrected chi connectivity index (χ4v) is 1.29. The van der Waals surface area contributed by atoms with Gasteiger partial charge in [-0.3, -0.25) is 5.01 Å². The minimum absolute atomic E-state index is 1.13. The molecule has 0 spiro atoms. The maximum atomic E-state index is 3.05. The quantitative estimate of drug-likeness (QED) is 0.441. The van der Waals surface area contributed by atoms with Gasteiger partial charge in [0.2, 0.25) is 0 Å². The van der Waals surface area contributed by atoms with E-state index in [4.69, 9.17) is 0 Å². The summed E-state index contributed by atoms with van der Waals surface area (Å²) >= 11 is 1.71. The predicted octanol–water partition coefficient (Wildman–Crippen LogP) is 0.310. The van der Waals surface area contributed by atoms with Crippen molar-refractivity contribution in [2.75, 3.05) is 6.54 Å². The molecular weight excluding hydrogens is 96.1 g/mol. The van der Waals surface area contributed by atoms with Gasteiger partial charge in [-0.2, -0.15) is 4.83 Å². The van der Waals surface area contributed by atoms with Crippen molar-refractivity contribution in [3.05, 3.63) is 11.1 Å². The summed E-state index contributed by atoms with van der Waals surface area (Å²) in [4.78, 5) is 4.50. The molecule has 0 saturated carbocycles. The van der Waals surface area contributed by atoms with Crippen LogP contribution in [0.4, 0.5) is 0 Å². The summed E-state index contributed by atoms with van der Waals surface area (Å²) in [6.07, 6.45) is 2.10. The molecule has 0 aromatic heterocycles. The van der Waals surface area contributed by atoms with Gasteiger partial charge in [-0.15, -0.1) is 0 Å². The molecule has 0 unspecified atom stereocenters. The fourth-order valence-electron chi connectivity index (χ4n) is 0.550. The zero-order valence-electron chi connectivity index (χ0n) is 3.14. The molecule has 3 aliphatic heterocycles. The molecule has 3 heterocycles. The number of nitrogens with one attached hydrogen (secondary N) is 1. The first-order chi connectivity index (χ1) is 2.95. The van der Waals surface area contributed by atoms with Gasteiger partial charge in [0.15, 0.2) is 0 Å². The molecule has 0 aromatic rings. The van der Waals surface area contributed by atoms with E-state index in [0.717, 1.165) is 6.54 Å². The van der Waals surface area contributed by atoms with Crippen molar-refractivity contribution in [1.82, 2.24) is 9.84 Å². The van der Waals surface area contributed by atoms with Gasteiger partial charge in [0.05, 0.1) is 6.54 Å². The van der Waals surface area contributed by atoms with Crippen molar-refractivity contribution < 1.29 is 0 Å². The smallest absolute Gasteiger partial charge is 0.0685 e. The Morgan fingerprint density at radius 3 is 3.00 bits per heavy atom. The van der Waals surface area contributed by atoms with Crippen molar-refractivity contribution >= 4 is 11.9 Å². The van der Waals surface area contributed by atoms with Crippen LogP contribution in [0.15, 0.2) is 11.1 Å². The van der Waals surface area contributed by atoms with Crippen LogP contribution < -0.4 is 4.83 Å². The standard InChI is InChI=1S/C3H4N2S/c1-3-2-5(1)4-6-3/h1,4H,2H2. The van der Waals surface area contributed by atoms with Crippen LogP contribution in [-0.2, 0) is 0 Å². The van der Waals surface area contributed by atoms with Crippen LogP contribution in [0.25, 0.3) is 0 Å². The highest BCUT2D eigenvalue weighted by Crippen LogP contribution is 2.29. The van der Waals surface area contributed by atoms with E-state index in [9.17, 15) is 0 Å². The second-order valence-corrected chi connectivity index (χ2v) is 2.33. The van der Waals surface area contributed by atoms with Crippen LogP contribution in [0.1, 0.15) is 0 Å². The van der Waals surface area contributed by atoms with E-state index in [1.165, 1.54) is 4.91 Å². The monoisotopic (exact) mass is 100 g/mol. The normalized spacial score (nSPS) is 26.7. The Balaban J connectivity index is 2.39. The Morgan fingerprint density at radius 2 is 2.83 bits per heavy atom. The second kappa shape index (κ2) is 0.741. The molecule has 0 aliphatic carbocycles. The molecule has 3 aliphatic rings. The molecule has 2 bridgehead atoms. The number of rotatable bonds is 0. The van der Waals surface area contributed by atoms with Gasteiger partial charge >= 0.3 is 0 Å². The first kappa shape index (κ1) is 2.93. The number of fused-ring (bicyclic) bond motifs is 1. The van der Waals surface area contributed by atoms with Gasteiger partial charge in [-0.05, 0) is 11.9 Å². The SMILES string of the molecule is C1=C2CN1NS2. The highest BCUT2D eigenvalue weighted by Gasteiger charge is 2.23. The van der Waals surface area contributed by atoms with E-state index in [2.05, 4.69) is 16.0 Å². The fraction of sp³-hybridized carbons (Fsp3) is 0.333. The Labute approximate surface area is 40.3 Å². The predicted molar refractivity (Wildman–Crippen MR) is 25.5 cm³/mol. The van der Waals surface area contributed by atoms with E-state index >= 15 is 0 Å². The van der Waals surface area contributed by atoms with Crippen LogP contribution in [0.2, 0.25) is 0 Å². The summed E-state index contributed by atoms with van der Waals surface area (Å²) in [5.74, 6) is 0. The van der Waals surface area contributed by atoms with Crippen LogP contribution >= 0.6 is 11.9 Å². The molecule has 0 amide bonds. The summed E-state index contributed by atoms with van der Waals surface area (Å²) in [6.45, 7) is 1.13. The highest BCUT2D eigenvalue weighted by atomic mass is 32.2. The van der Waals surface area contributed by atoms with E-state index < -0.39 is 0 Å². The molecule has 0 aromatic carbocycles. The Kier molecular flexibility index (Phi) is 0.362. The van der Waals surface area contributed by atoms with E-state index in [1.807, 2.05) is 0 Å². The highest BCUT2D eigenvalue weighted by molar-refractivity contribution is 8.01. The molecule has 3 rings (SSSR count). The number of nitrogens with zero attached hydrogens (tertiary/aromatic N) is 1. The van der Waals surface area contributed by atoms with Gasteiger partial charge in [0, 0.05) is 11.1 Å². The van der Waals surface area contributed by atoms with Gasteiger partial charge in [0.1, 0.15) is 0 Å². The van der Waals surface area contributed by atoms with E-state index in [1.54, 1.807) is 11.9 Å². The molecule has 1 N–H and O–H groups in total. The average Bonchev–Trinajstić information content (AvgIpc) is 1.72. The molecule has 1 fully saturated rings. The molecule has 3 heteroatoms. The van der Waals surface area contributed by atoms with Crippen molar-refractivity contribution in [1.29, 1.82) is 0 Å². The molecule has 0 radical (unpaired) electrons. The summed E-state index contributed by atoms with van der Waals surface area (Å²) in [5, 5.41) is 2.06. The van der Waals surface area contributed by atoms with Gasteiger partial charge < -0.3 is 0 Å². The van der Waals surface area contributed by atoms with Gasteiger partial charge in [-0.25, -0.2) is 0 Å². The third-order valence-electron chi connectivity index (χ3n) is 0.920. The number of hydrogen-bond donors (Lipinski definition) is 1. The Morgan fingerprint density at radius 1 is 2.00 bits per heavy atom. The average molecular weight is 100 g/mol. The minimum atomic E-state index is 1.13. The zero-order valence-corrected chi connectivity index (χ0v) is 3.96. The lowest BCUT2D eigenvalue weighted by molar-refractivity contribution is 0.371. The second-order valence-electron chi connectivity index (χ2n) is 1.42. The third kappa shape index (κ3) is 0.189. The molecule has 6 heavy (non-hydrogen) atoms. The van der Waals surface area contributed by atoms with Crippen molar-refractivity contribution in [3.8, 4) is 0 Å². The summed E-state index contributed by atoms with van der Waals surface area (Å²) < 4.78 is 0. The van der Waals surface area contributed by atoms with E-state index in [-0.39, 0.29) is 0 Å². The molecular formula is C3H4N2S. The third-order valence-corrected chi connectivity index (χ3v) is 1.74. The largest absolute Gasteiger partial charge is 0.300 e. The molecule has 32 valence electrons. The maximum Gasteiger partial charge on any atom is 0.0685 e. The Bertz CT molecular complexity index is 105. The van der Waals surface area contributed by atoms with Crippen molar-refractivity contribution in [3.63, 3.8) is 0 Å². The maximum absolute atomic E-state index is 3.05. The zero-order chi connectivity index (χ0) is 3.98. The summed E-state index contributed by atoms with van der Waals surface area (Å²) in [5.41, 5.74) is 0. The van der Waals surface area contributed by atoms with Crippen molar-refractivity contribution in [2.24, 2.45) is 0 Å². The van der Waals surface area contributed by atoms with Crippen LogP contribution in [0.3, 0.4) is 0 Å². The molecule has 0 atom stereocenters. The number of hydrogen-bond acceptors (Lipinski definition) is 3. The number of hydrazine groups is 1. The van der Waals surface area contributed by atoms with Crippen LogP contribution in [0.5, 0.6) is 0 Å². The van der Waals surface area contributed by atoms with Crippen molar-refractivity contribution in [2.45, 2.75) is 0 Å². The van der Waals surface area contributed by atoms with Crippen LogP contribution in [-0.4, -0.2) is 11.6 Å². The minimum Gasteiger partial charge on any atom is -0.300 e. The molecule has 2 nitrogen and oxygen atoms in total. The lowest BCUT2D eigenvalue weighted by Gasteiger charge is -2.13. The summed E-state index contributed by atoms with van der Waals surface area (Å²) in [6, 6.07) is 0. The summed E-state index contributed by atoms with van der Waals surface area (Å²) in [7, 11) is 0. The first-order valence-electron chi connectivity index (χ1n) is 1.85. The van der Waals surface area contributed by atoms with Gasteiger partial charge in [-0.1, -0.05) is 0 Å². The first-order valence-corrected chi connectivity index (χ1v) is 2.67. The Hall–Kier alpha value is -0.150. The molecule has 1 saturated heterocycles. The lowest BCUT2D eigenvalue weighted by atomic mass is 10.4.